The van der Waals surface area contributed by atoms with Crippen LogP contribution in [0.2, 0.25) is 0 Å². The van der Waals surface area contributed by atoms with E-state index < -0.39 is 0 Å². The van der Waals surface area contributed by atoms with E-state index in [4.69, 9.17) is 21.7 Å². The first-order valence-electron chi connectivity index (χ1n) is 10.5. The van der Waals surface area contributed by atoms with E-state index in [2.05, 4.69) is 46.6 Å². The van der Waals surface area contributed by atoms with Crippen molar-refractivity contribution in [3.05, 3.63) is 59.2 Å². The molecule has 0 spiro atoms. The highest BCUT2D eigenvalue weighted by atomic mass is 32.1. The highest BCUT2D eigenvalue weighted by Gasteiger charge is 2.41. The van der Waals surface area contributed by atoms with Crippen LogP contribution in [0.15, 0.2) is 42.5 Å². The van der Waals surface area contributed by atoms with Crippen LogP contribution in [0.5, 0.6) is 11.5 Å². The van der Waals surface area contributed by atoms with Gasteiger partial charge in [-0.2, -0.15) is 0 Å². The monoisotopic (exact) mass is 410 g/mol. The van der Waals surface area contributed by atoms with Gasteiger partial charge < -0.3 is 19.7 Å². The third kappa shape index (κ3) is 3.86. The summed E-state index contributed by atoms with van der Waals surface area (Å²) in [6.45, 7) is 4.29. The number of methoxy groups -OCH3 is 2. The number of benzene rings is 2. The van der Waals surface area contributed by atoms with E-state index in [0.29, 0.717) is 0 Å². The van der Waals surface area contributed by atoms with Crippen LogP contribution in [0, 0.1) is 0 Å². The van der Waals surface area contributed by atoms with Crippen LogP contribution < -0.4 is 14.8 Å². The van der Waals surface area contributed by atoms with Gasteiger partial charge in [0.2, 0.25) is 0 Å². The van der Waals surface area contributed by atoms with Gasteiger partial charge in [0, 0.05) is 17.5 Å². The molecule has 1 unspecified atom stereocenters. The van der Waals surface area contributed by atoms with Gasteiger partial charge in [0.25, 0.3) is 0 Å². The summed E-state index contributed by atoms with van der Waals surface area (Å²) >= 11 is 5.69. The van der Waals surface area contributed by atoms with Gasteiger partial charge in [0.05, 0.1) is 14.2 Å². The number of rotatable bonds is 6. The largest absolute Gasteiger partial charge is 0.493 e. The molecule has 2 aromatic rings. The molecule has 1 atom stereocenters. The first kappa shape index (κ1) is 20.2. The predicted molar refractivity (Wildman–Crippen MR) is 121 cm³/mol. The van der Waals surface area contributed by atoms with Crippen LogP contribution in [-0.2, 0) is 5.41 Å². The first-order valence-corrected chi connectivity index (χ1v) is 10.9. The average molecular weight is 411 g/mol. The van der Waals surface area contributed by atoms with E-state index in [1.54, 1.807) is 14.2 Å². The van der Waals surface area contributed by atoms with Gasteiger partial charge in [-0.15, -0.1) is 0 Å². The number of thiocarbonyl (C=S) groups is 1. The fraction of sp³-hybridized carbons (Fsp3) is 0.458. The van der Waals surface area contributed by atoms with E-state index in [-0.39, 0.29) is 5.41 Å². The van der Waals surface area contributed by atoms with Gasteiger partial charge in [0.15, 0.2) is 11.5 Å². The summed E-state index contributed by atoms with van der Waals surface area (Å²) in [6, 6.07) is 15.0. The summed E-state index contributed by atoms with van der Waals surface area (Å²) < 4.78 is 11.2. The Labute approximate surface area is 179 Å². The summed E-state index contributed by atoms with van der Waals surface area (Å²) in [4.78, 5) is 3.40. The molecule has 1 saturated heterocycles. The quantitative estimate of drug-likeness (QED) is 0.724. The van der Waals surface area contributed by atoms with Crippen molar-refractivity contribution >= 4 is 17.2 Å². The minimum absolute atomic E-state index is 0.157. The van der Waals surface area contributed by atoms with Crippen LogP contribution >= 0.6 is 12.2 Å². The molecule has 0 aromatic heterocycles. The minimum Gasteiger partial charge on any atom is -0.493 e. The molecule has 2 aliphatic rings. The Morgan fingerprint density at radius 3 is 2.38 bits per heavy atom. The van der Waals surface area contributed by atoms with Crippen LogP contribution in [0.1, 0.15) is 42.4 Å². The summed E-state index contributed by atoms with van der Waals surface area (Å²) in [5.74, 6) is 1.48. The van der Waals surface area contributed by atoms with Crippen molar-refractivity contribution in [3.8, 4) is 11.5 Å². The molecular formula is C24H30N2O2S. The molecule has 2 heterocycles. The van der Waals surface area contributed by atoms with Gasteiger partial charge in [-0.1, -0.05) is 49.0 Å². The SMILES string of the molecule is COc1cc2c(cc1OC)C(CCN1CCCCC1)(c1ccccc1)CNC2=S. The molecule has 2 aromatic carbocycles. The molecular weight excluding hydrogens is 380 g/mol. The third-order valence-corrected chi connectivity index (χ3v) is 6.83. The lowest BCUT2D eigenvalue weighted by Crippen LogP contribution is -2.49. The van der Waals surface area contributed by atoms with E-state index in [1.165, 1.54) is 43.5 Å². The van der Waals surface area contributed by atoms with Crippen molar-refractivity contribution in [1.29, 1.82) is 0 Å². The van der Waals surface area contributed by atoms with Crippen molar-refractivity contribution in [2.75, 3.05) is 40.4 Å². The number of fused-ring (bicyclic) bond motifs is 1. The summed E-state index contributed by atoms with van der Waals surface area (Å²) in [6.07, 6.45) is 5.01. The van der Waals surface area contributed by atoms with Crippen molar-refractivity contribution in [2.24, 2.45) is 0 Å². The number of hydrogen-bond acceptors (Lipinski definition) is 4. The molecule has 4 rings (SSSR count). The summed E-state index contributed by atoms with van der Waals surface area (Å²) in [7, 11) is 3.37. The average Bonchev–Trinajstić information content (AvgIpc) is 2.79. The normalized spacial score (nSPS) is 21.9. The van der Waals surface area contributed by atoms with E-state index in [0.717, 1.165) is 41.6 Å². The molecule has 4 nitrogen and oxygen atoms in total. The first-order chi connectivity index (χ1) is 14.2. The molecule has 2 aliphatic heterocycles. The van der Waals surface area contributed by atoms with Gasteiger partial charge in [-0.05, 0) is 62.2 Å². The number of nitrogens with zero attached hydrogens (tertiary/aromatic N) is 1. The second-order valence-corrected chi connectivity index (χ2v) is 8.44. The smallest absolute Gasteiger partial charge is 0.161 e. The van der Waals surface area contributed by atoms with Crippen LogP contribution in [0.25, 0.3) is 0 Å². The zero-order valence-electron chi connectivity index (χ0n) is 17.4. The molecule has 1 fully saturated rings. The van der Waals surface area contributed by atoms with Crippen LogP contribution in [-0.4, -0.2) is 50.3 Å². The fourth-order valence-electron chi connectivity index (χ4n) is 4.80. The number of hydrogen-bond donors (Lipinski definition) is 1. The fourth-order valence-corrected chi connectivity index (χ4v) is 5.04. The van der Waals surface area contributed by atoms with E-state index in [9.17, 15) is 0 Å². The van der Waals surface area contributed by atoms with Gasteiger partial charge >= 0.3 is 0 Å². The maximum Gasteiger partial charge on any atom is 0.161 e. The zero-order chi connectivity index (χ0) is 20.3. The molecule has 154 valence electrons. The molecule has 0 aliphatic carbocycles. The Hall–Kier alpha value is -2.11. The lowest BCUT2D eigenvalue weighted by Gasteiger charge is -2.42. The van der Waals surface area contributed by atoms with Crippen molar-refractivity contribution < 1.29 is 9.47 Å². The van der Waals surface area contributed by atoms with Gasteiger partial charge in [0.1, 0.15) is 4.99 Å². The Bertz CT molecular complexity index is 865. The number of nitrogens with one attached hydrogen (secondary N) is 1. The minimum atomic E-state index is -0.157. The third-order valence-electron chi connectivity index (χ3n) is 6.46. The van der Waals surface area contributed by atoms with Gasteiger partial charge in [-0.3, -0.25) is 0 Å². The topological polar surface area (TPSA) is 33.7 Å². The van der Waals surface area contributed by atoms with Crippen LogP contribution in [0.3, 0.4) is 0 Å². The number of piperidine rings is 1. The number of likely N-dealkylation sites (tertiary alicyclic amines) is 1. The zero-order valence-corrected chi connectivity index (χ0v) is 18.2. The molecule has 0 radical (unpaired) electrons. The molecule has 0 saturated carbocycles. The van der Waals surface area contributed by atoms with Crippen molar-refractivity contribution in [2.45, 2.75) is 31.1 Å². The lowest BCUT2D eigenvalue weighted by atomic mass is 9.68. The molecule has 0 amide bonds. The van der Waals surface area contributed by atoms with E-state index >= 15 is 0 Å². The van der Waals surface area contributed by atoms with Crippen LogP contribution in [0.4, 0.5) is 0 Å². The summed E-state index contributed by atoms with van der Waals surface area (Å²) in [5, 5.41) is 3.52. The highest BCUT2D eigenvalue weighted by molar-refractivity contribution is 7.80. The molecule has 1 N–H and O–H groups in total. The van der Waals surface area contributed by atoms with Crippen molar-refractivity contribution in [1.82, 2.24) is 10.2 Å². The Morgan fingerprint density at radius 1 is 1.00 bits per heavy atom. The number of ether oxygens (including phenoxy) is 2. The standard InChI is InChI=1S/C24H30N2O2S/c1-27-21-15-19-20(16-22(21)28-2)24(17-25-23(19)29,18-9-5-3-6-10-18)11-14-26-12-7-4-8-13-26/h3,5-6,9-10,15-16H,4,7-8,11-14,17H2,1-2H3,(H,25,29). The Kier molecular flexibility index (Phi) is 6.07. The van der Waals surface area contributed by atoms with Gasteiger partial charge in [-0.25, -0.2) is 0 Å². The van der Waals surface area contributed by atoms with E-state index in [1.807, 2.05) is 6.07 Å². The lowest BCUT2D eigenvalue weighted by molar-refractivity contribution is 0.210. The Morgan fingerprint density at radius 2 is 1.69 bits per heavy atom. The molecule has 5 heteroatoms. The maximum absolute atomic E-state index is 5.69. The summed E-state index contributed by atoms with van der Waals surface area (Å²) in [5.41, 5.74) is 3.45. The highest BCUT2D eigenvalue weighted by Crippen LogP contribution is 2.44. The molecule has 0 bridgehead atoms. The predicted octanol–water partition coefficient (Wildman–Crippen LogP) is 4.14. The maximum atomic E-state index is 5.69. The Balaban J connectivity index is 1.81. The second kappa shape index (κ2) is 8.72. The second-order valence-electron chi connectivity index (χ2n) is 8.04. The van der Waals surface area contributed by atoms with Crippen molar-refractivity contribution in [3.63, 3.8) is 0 Å². The molecule has 29 heavy (non-hydrogen) atoms.